The van der Waals surface area contributed by atoms with Crippen molar-refractivity contribution in [2.24, 2.45) is 0 Å². The molecule has 0 aliphatic carbocycles. The van der Waals surface area contributed by atoms with Crippen LogP contribution >= 0.6 is 23.4 Å². The van der Waals surface area contributed by atoms with Gasteiger partial charge in [0.25, 0.3) is 0 Å². The zero-order chi connectivity index (χ0) is 13.4. The molecule has 0 N–H and O–H groups in total. The summed E-state index contributed by atoms with van der Waals surface area (Å²) in [7, 11) is 0. The van der Waals surface area contributed by atoms with Gasteiger partial charge in [-0.05, 0) is 28.8 Å². The van der Waals surface area contributed by atoms with E-state index in [2.05, 4.69) is 43.3 Å². The van der Waals surface area contributed by atoms with E-state index in [-0.39, 0.29) is 0 Å². The minimum absolute atomic E-state index is 0.297. The van der Waals surface area contributed by atoms with Gasteiger partial charge < -0.3 is 0 Å². The van der Waals surface area contributed by atoms with Gasteiger partial charge in [0.2, 0.25) is 0 Å². The largest absolute Gasteiger partial charge is 0.192 e. The average Bonchev–Trinajstić information content (AvgIpc) is 2.57. The molecule has 1 atom stereocenters. The molecule has 0 radical (unpaired) electrons. The highest BCUT2D eigenvalue weighted by Crippen LogP contribution is 2.42. The number of nitriles is 1. The molecule has 2 aromatic rings. The molecule has 0 saturated carbocycles. The van der Waals surface area contributed by atoms with Crippen LogP contribution in [0.4, 0.5) is 0 Å². The lowest BCUT2D eigenvalue weighted by Gasteiger charge is -2.15. The van der Waals surface area contributed by atoms with Crippen LogP contribution in [0.15, 0.2) is 41.3 Å². The lowest BCUT2D eigenvalue weighted by Crippen LogP contribution is -2.01. The first kappa shape index (κ1) is 12.6. The van der Waals surface area contributed by atoms with Crippen LogP contribution in [0.1, 0.15) is 35.1 Å². The summed E-state index contributed by atoms with van der Waals surface area (Å²) < 4.78 is 0. The van der Waals surface area contributed by atoms with Gasteiger partial charge in [-0.15, -0.1) is 11.8 Å². The molecule has 94 valence electrons. The van der Waals surface area contributed by atoms with Gasteiger partial charge in [-0.3, -0.25) is 0 Å². The van der Waals surface area contributed by atoms with Crippen molar-refractivity contribution in [3.63, 3.8) is 0 Å². The standard InChI is InChI=1S/C16H12ClNS/c1-10-11-6-7-15(17)13(8-18)14(11)9-19-16-5-3-2-4-12(10)16/h2-7,10H,9H2,1H3. The van der Waals surface area contributed by atoms with E-state index in [1.807, 2.05) is 6.07 Å². The maximum atomic E-state index is 9.33. The molecule has 3 rings (SSSR count). The number of nitrogens with zero attached hydrogens (tertiary/aromatic N) is 1. The van der Waals surface area contributed by atoms with Crippen molar-refractivity contribution >= 4 is 23.4 Å². The van der Waals surface area contributed by atoms with Crippen molar-refractivity contribution in [1.29, 1.82) is 5.26 Å². The molecule has 1 nitrogen and oxygen atoms in total. The molecule has 0 bridgehead atoms. The molecule has 3 heteroatoms. The minimum atomic E-state index is 0.297. The Labute approximate surface area is 122 Å². The third-order valence-electron chi connectivity index (χ3n) is 3.63. The number of rotatable bonds is 0. The number of halogens is 1. The molecule has 0 saturated heterocycles. The summed E-state index contributed by atoms with van der Waals surface area (Å²) in [5, 5.41) is 9.88. The Kier molecular flexibility index (Phi) is 3.26. The van der Waals surface area contributed by atoms with Crippen molar-refractivity contribution in [2.45, 2.75) is 23.5 Å². The lowest BCUT2D eigenvalue weighted by atomic mass is 9.88. The van der Waals surface area contributed by atoms with Crippen LogP contribution in [0, 0.1) is 11.3 Å². The number of fused-ring (bicyclic) bond motifs is 2. The van der Waals surface area contributed by atoms with E-state index in [9.17, 15) is 5.26 Å². The van der Waals surface area contributed by atoms with Gasteiger partial charge in [-0.2, -0.15) is 5.26 Å². The molecule has 1 aliphatic rings. The summed E-state index contributed by atoms with van der Waals surface area (Å²) in [5.74, 6) is 1.10. The van der Waals surface area contributed by atoms with Crippen LogP contribution in [0.25, 0.3) is 0 Å². The first-order valence-electron chi connectivity index (χ1n) is 6.15. The number of hydrogen-bond acceptors (Lipinski definition) is 2. The van der Waals surface area contributed by atoms with Crippen molar-refractivity contribution in [2.75, 3.05) is 0 Å². The van der Waals surface area contributed by atoms with Crippen molar-refractivity contribution < 1.29 is 0 Å². The van der Waals surface area contributed by atoms with Crippen LogP contribution in [0.3, 0.4) is 0 Å². The van der Waals surface area contributed by atoms with Crippen LogP contribution < -0.4 is 0 Å². The molecular weight excluding hydrogens is 274 g/mol. The van der Waals surface area contributed by atoms with Gasteiger partial charge in [0.15, 0.2) is 0 Å². The van der Waals surface area contributed by atoms with E-state index in [0.717, 1.165) is 11.3 Å². The van der Waals surface area contributed by atoms with Crippen LogP contribution in [-0.4, -0.2) is 0 Å². The molecule has 1 aliphatic heterocycles. The van der Waals surface area contributed by atoms with Crippen molar-refractivity contribution in [3.8, 4) is 6.07 Å². The molecule has 2 aromatic carbocycles. The van der Waals surface area contributed by atoms with Crippen molar-refractivity contribution in [1.82, 2.24) is 0 Å². The summed E-state index contributed by atoms with van der Waals surface area (Å²) in [5.41, 5.74) is 4.27. The average molecular weight is 286 g/mol. The smallest absolute Gasteiger partial charge is 0.101 e. The zero-order valence-corrected chi connectivity index (χ0v) is 12.1. The van der Waals surface area contributed by atoms with E-state index >= 15 is 0 Å². The van der Waals surface area contributed by atoms with E-state index in [1.54, 1.807) is 11.8 Å². The van der Waals surface area contributed by atoms with E-state index in [1.165, 1.54) is 16.0 Å². The second kappa shape index (κ2) is 4.92. The highest BCUT2D eigenvalue weighted by Gasteiger charge is 2.23. The highest BCUT2D eigenvalue weighted by atomic mass is 35.5. The Morgan fingerprint density at radius 3 is 2.79 bits per heavy atom. The van der Waals surface area contributed by atoms with Gasteiger partial charge in [0, 0.05) is 16.6 Å². The summed E-state index contributed by atoms with van der Waals surface area (Å²) in [6.45, 7) is 2.19. The quantitative estimate of drug-likeness (QED) is 0.682. The first-order valence-corrected chi connectivity index (χ1v) is 7.52. The SMILES string of the molecule is CC1c2ccccc2SCc2c1ccc(Cl)c2C#N. The molecule has 0 amide bonds. The van der Waals surface area contributed by atoms with Gasteiger partial charge in [0.05, 0.1) is 10.6 Å². The van der Waals surface area contributed by atoms with Gasteiger partial charge in [0.1, 0.15) is 6.07 Å². The number of benzene rings is 2. The zero-order valence-electron chi connectivity index (χ0n) is 10.5. The van der Waals surface area contributed by atoms with Gasteiger partial charge in [-0.25, -0.2) is 0 Å². The predicted molar refractivity (Wildman–Crippen MR) is 79.7 cm³/mol. The fourth-order valence-electron chi connectivity index (χ4n) is 2.60. The molecule has 19 heavy (non-hydrogen) atoms. The second-order valence-corrected chi connectivity index (χ2v) is 6.07. The predicted octanol–water partition coefficient (Wildman–Crippen LogP) is 4.97. The summed E-state index contributed by atoms with van der Waals surface area (Å²) in [4.78, 5) is 1.30. The van der Waals surface area contributed by atoms with E-state index in [4.69, 9.17) is 11.6 Å². The summed E-state index contributed by atoms with van der Waals surface area (Å²) in [6.07, 6.45) is 0. The van der Waals surface area contributed by atoms with Crippen LogP contribution in [0.5, 0.6) is 0 Å². The van der Waals surface area contributed by atoms with Gasteiger partial charge in [-0.1, -0.05) is 42.8 Å². The Bertz CT molecular complexity index is 688. The minimum Gasteiger partial charge on any atom is -0.192 e. The van der Waals surface area contributed by atoms with E-state index < -0.39 is 0 Å². The molecule has 0 spiro atoms. The van der Waals surface area contributed by atoms with E-state index in [0.29, 0.717) is 16.5 Å². The second-order valence-electron chi connectivity index (χ2n) is 4.65. The maximum Gasteiger partial charge on any atom is 0.101 e. The Morgan fingerprint density at radius 1 is 1.21 bits per heavy atom. The molecule has 0 fully saturated rings. The highest BCUT2D eigenvalue weighted by molar-refractivity contribution is 7.98. The Hall–Kier alpha value is -1.43. The Morgan fingerprint density at radius 2 is 2.00 bits per heavy atom. The third-order valence-corrected chi connectivity index (χ3v) is 5.06. The fraction of sp³-hybridized carbons (Fsp3) is 0.188. The van der Waals surface area contributed by atoms with Crippen LogP contribution in [-0.2, 0) is 5.75 Å². The van der Waals surface area contributed by atoms with Gasteiger partial charge >= 0.3 is 0 Å². The summed E-state index contributed by atoms with van der Waals surface area (Å²) >= 11 is 7.93. The topological polar surface area (TPSA) is 23.8 Å². The monoisotopic (exact) mass is 285 g/mol. The third kappa shape index (κ3) is 2.04. The molecule has 1 unspecified atom stereocenters. The Balaban J connectivity index is 2.23. The normalized spacial score (nSPS) is 17.0. The van der Waals surface area contributed by atoms with Crippen molar-refractivity contribution in [3.05, 3.63) is 63.7 Å². The first-order chi connectivity index (χ1) is 9.22. The molecule has 0 aromatic heterocycles. The maximum absolute atomic E-state index is 9.33. The fourth-order valence-corrected chi connectivity index (χ4v) is 4.02. The lowest BCUT2D eigenvalue weighted by molar-refractivity contribution is 0.889. The number of thioether (sulfide) groups is 1. The number of hydrogen-bond donors (Lipinski definition) is 0. The molecular formula is C16H12ClNS. The van der Waals surface area contributed by atoms with Crippen LogP contribution in [0.2, 0.25) is 5.02 Å². The molecule has 1 heterocycles. The summed E-state index contributed by atoms with van der Waals surface area (Å²) in [6, 6.07) is 14.6.